The maximum atomic E-state index is 2.64. The van der Waals surface area contributed by atoms with Crippen LogP contribution in [0.25, 0.3) is 22.3 Å². The van der Waals surface area contributed by atoms with Crippen molar-refractivity contribution < 1.29 is 0 Å². The minimum atomic E-state index is 0.0886. The van der Waals surface area contributed by atoms with Crippen molar-refractivity contribution in [2.45, 2.75) is 133 Å². The number of hydrogen-bond donors (Lipinski definition) is 0. The first-order chi connectivity index (χ1) is 28.6. The van der Waals surface area contributed by atoms with Gasteiger partial charge in [-0.2, -0.15) is 0 Å². The zero-order chi connectivity index (χ0) is 39.5. The van der Waals surface area contributed by atoms with Crippen molar-refractivity contribution >= 4 is 17.1 Å². The van der Waals surface area contributed by atoms with Crippen molar-refractivity contribution in [3.05, 3.63) is 137 Å². The lowest BCUT2D eigenvalue weighted by molar-refractivity contribution is -0.0397. The molecule has 59 heavy (non-hydrogen) atoms. The first kappa shape index (κ1) is 35.6. The summed E-state index contributed by atoms with van der Waals surface area (Å²) in [6.07, 6.45) is 18.3. The van der Waals surface area contributed by atoms with Crippen LogP contribution in [0, 0.1) is 41.4 Å². The van der Waals surface area contributed by atoms with E-state index in [1.807, 2.05) is 0 Å². The van der Waals surface area contributed by atoms with Crippen LogP contribution in [0.1, 0.15) is 139 Å². The van der Waals surface area contributed by atoms with Gasteiger partial charge >= 0.3 is 0 Å². The Labute approximate surface area is 354 Å². The largest absolute Gasteiger partial charge is 0.310 e. The molecule has 0 heterocycles. The molecule has 1 heteroatoms. The molecule has 5 aromatic rings. The minimum Gasteiger partial charge on any atom is -0.310 e. The van der Waals surface area contributed by atoms with E-state index in [1.165, 1.54) is 134 Å². The van der Waals surface area contributed by atoms with Gasteiger partial charge in [0, 0.05) is 16.8 Å². The first-order valence-electron chi connectivity index (χ1n) is 24.0. The van der Waals surface area contributed by atoms with Crippen LogP contribution in [0.5, 0.6) is 0 Å². The van der Waals surface area contributed by atoms with Crippen LogP contribution >= 0.6 is 0 Å². The van der Waals surface area contributed by atoms with Crippen LogP contribution in [-0.4, -0.2) is 0 Å². The molecular formula is C58H63N. The van der Waals surface area contributed by atoms with Crippen LogP contribution in [0.15, 0.2) is 109 Å². The highest BCUT2D eigenvalue weighted by molar-refractivity contribution is 5.90. The number of hydrogen-bond acceptors (Lipinski definition) is 1. The maximum absolute atomic E-state index is 2.64. The molecule has 0 aliphatic heterocycles. The van der Waals surface area contributed by atoms with Gasteiger partial charge in [0.25, 0.3) is 0 Å². The topological polar surface area (TPSA) is 3.24 Å². The third kappa shape index (κ3) is 4.97. The van der Waals surface area contributed by atoms with E-state index in [-0.39, 0.29) is 16.2 Å². The molecule has 0 atom stereocenters. The van der Waals surface area contributed by atoms with Gasteiger partial charge in [-0.1, -0.05) is 107 Å². The molecule has 8 bridgehead atoms. The lowest BCUT2D eigenvalue weighted by Crippen LogP contribution is -2.55. The summed E-state index contributed by atoms with van der Waals surface area (Å²) in [7, 11) is 0. The summed E-state index contributed by atoms with van der Waals surface area (Å²) in [5.41, 5.74) is 18.6. The zero-order valence-corrected chi connectivity index (χ0v) is 36.1. The average molecular weight is 774 g/mol. The SMILES string of the molecule is CC1(C)CCC(C)(C)c2c(N(c3ccc(-c4cccc5c4C4(c6ccccc6-5)C5CC6CC(C5)CC4C6)cc3)c3ccc(C45CC6CC(CC(C6)C4)C5)cc3)cccc21. The van der Waals surface area contributed by atoms with E-state index in [0.29, 0.717) is 5.41 Å². The summed E-state index contributed by atoms with van der Waals surface area (Å²) < 4.78 is 0. The number of nitrogens with zero attached hydrogens (tertiary/aromatic N) is 1. The molecule has 8 saturated carbocycles. The average Bonchev–Trinajstić information content (AvgIpc) is 3.53. The van der Waals surface area contributed by atoms with Crippen molar-refractivity contribution in [2.24, 2.45) is 41.4 Å². The molecule has 0 aromatic heterocycles. The van der Waals surface area contributed by atoms with Gasteiger partial charge in [0.1, 0.15) is 0 Å². The highest BCUT2D eigenvalue weighted by Crippen LogP contribution is 2.70. The van der Waals surface area contributed by atoms with Crippen molar-refractivity contribution in [1.82, 2.24) is 0 Å². The van der Waals surface area contributed by atoms with Gasteiger partial charge in [-0.25, -0.2) is 0 Å². The normalized spacial score (nSPS) is 34.5. The number of anilines is 3. The molecule has 0 amide bonds. The Kier molecular flexibility index (Phi) is 7.41. The Morgan fingerprint density at radius 2 is 0.966 bits per heavy atom. The van der Waals surface area contributed by atoms with Crippen LogP contribution in [0.2, 0.25) is 0 Å². The number of benzene rings is 5. The van der Waals surface area contributed by atoms with Crippen LogP contribution < -0.4 is 4.90 Å². The van der Waals surface area contributed by atoms with Gasteiger partial charge in [0.15, 0.2) is 0 Å². The predicted molar refractivity (Wildman–Crippen MR) is 245 cm³/mol. The summed E-state index contributed by atoms with van der Waals surface area (Å²) in [5, 5.41) is 0. The summed E-state index contributed by atoms with van der Waals surface area (Å²) in [5.74, 6) is 6.27. The Hall–Kier alpha value is -4.10. The van der Waals surface area contributed by atoms with Gasteiger partial charge in [-0.15, -0.1) is 0 Å². The van der Waals surface area contributed by atoms with Crippen molar-refractivity contribution in [3.8, 4) is 22.3 Å². The molecule has 1 spiro atoms. The molecule has 0 N–H and O–H groups in total. The Bertz CT molecular complexity index is 2430. The predicted octanol–water partition coefficient (Wildman–Crippen LogP) is 15.4. The number of rotatable bonds is 5. The Morgan fingerprint density at radius 1 is 0.441 bits per heavy atom. The highest BCUT2D eigenvalue weighted by Gasteiger charge is 2.62. The van der Waals surface area contributed by atoms with Crippen molar-refractivity contribution in [2.75, 3.05) is 4.90 Å². The molecule has 15 rings (SSSR count). The van der Waals surface area contributed by atoms with Crippen LogP contribution in [-0.2, 0) is 21.7 Å². The fraction of sp³-hybridized carbons (Fsp3) is 0.483. The smallest absolute Gasteiger partial charge is 0.0502 e. The zero-order valence-electron chi connectivity index (χ0n) is 36.1. The van der Waals surface area contributed by atoms with E-state index >= 15 is 0 Å². The van der Waals surface area contributed by atoms with Gasteiger partial charge in [0.05, 0.1) is 5.69 Å². The molecule has 300 valence electrons. The Morgan fingerprint density at radius 3 is 1.63 bits per heavy atom. The molecule has 10 aliphatic carbocycles. The third-order valence-corrected chi connectivity index (χ3v) is 18.8. The summed E-state index contributed by atoms with van der Waals surface area (Å²) >= 11 is 0. The van der Waals surface area contributed by atoms with Gasteiger partial charge in [-0.05, 0) is 222 Å². The van der Waals surface area contributed by atoms with Gasteiger partial charge < -0.3 is 4.90 Å². The molecule has 0 unspecified atom stereocenters. The molecule has 5 aromatic carbocycles. The lowest BCUT2D eigenvalue weighted by atomic mass is 9.42. The van der Waals surface area contributed by atoms with E-state index in [0.717, 1.165) is 41.4 Å². The molecule has 8 fully saturated rings. The van der Waals surface area contributed by atoms with Gasteiger partial charge in [0.2, 0.25) is 0 Å². The second-order valence-corrected chi connectivity index (χ2v) is 23.0. The fourth-order valence-corrected chi connectivity index (χ4v) is 17.0. The third-order valence-electron chi connectivity index (χ3n) is 18.8. The number of fused-ring (bicyclic) bond motifs is 4. The molecular weight excluding hydrogens is 711 g/mol. The van der Waals surface area contributed by atoms with Gasteiger partial charge in [-0.3, -0.25) is 0 Å². The van der Waals surface area contributed by atoms with E-state index in [2.05, 4.69) is 142 Å². The van der Waals surface area contributed by atoms with Crippen molar-refractivity contribution in [3.63, 3.8) is 0 Å². The van der Waals surface area contributed by atoms with Crippen molar-refractivity contribution in [1.29, 1.82) is 0 Å². The van der Waals surface area contributed by atoms with E-state index in [9.17, 15) is 0 Å². The summed E-state index contributed by atoms with van der Waals surface area (Å²) in [4.78, 5) is 2.64. The minimum absolute atomic E-state index is 0.0886. The Balaban J connectivity index is 0.943. The second kappa shape index (κ2) is 12.3. The molecule has 0 saturated heterocycles. The lowest BCUT2D eigenvalue weighted by Gasteiger charge is -2.61. The van der Waals surface area contributed by atoms with E-state index < -0.39 is 0 Å². The molecule has 10 aliphatic rings. The first-order valence-corrected chi connectivity index (χ1v) is 24.0. The quantitative estimate of drug-likeness (QED) is 0.172. The maximum Gasteiger partial charge on any atom is 0.0502 e. The van der Waals surface area contributed by atoms with E-state index in [1.54, 1.807) is 16.7 Å². The molecule has 0 radical (unpaired) electrons. The van der Waals surface area contributed by atoms with Crippen LogP contribution in [0.4, 0.5) is 17.1 Å². The molecule has 1 nitrogen and oxygen atoms in total. The highest BCUT2D eigenvalue weighted by atomic mass is 15.1. The standard InChI is InChI=1S/C58H63N/c1-55(2)23-24-56(3,4)54-51(55)13-8-14-52(54)59(46-21-17-42(18-22-46)57-33-38-26-39(34-57)28-40(27-38)35-57)45-19-15-41(16-20-45)47-10-7-11-49-48-9-5-6-12-50(48)58(53(47)49)43-29-36-25-37(31-43)32-44(58)30-36/h5-22,36-40,43-44H,23-35H2,1-4H3. The van der Waals surface area contributed by atoms with Crippen LogP contribution in [0.3, 0.4) is 0 Å². The van der Waals surface area contributed by atoms with E-state index in [4.69, 9.17) is 0 Å². The second-order valence-electron chi connectivity index (χ2n) is 23.0. The monoisotopic (exact) mass is 773 g/mol. The summed E-state index contributed by atoms with van der Waals surface area (Å²) in [6, 6.07) is 44.1. The summed E-state index contributed by atoms with van der Waals surface area (Å²) in [6.45, 7) is 9.93. The fourth-order valence-electron chi connectivity index (χ4n) is 17.0.